The minimum absolute atomic E-state index is 0.0224. The van der Waals surface area contributed by atoms with Crippen LogP contribution in [-0.4, -0.2) is 67.3 Å². The lowest BCUT2D eigenvalue weighted by Gasteiger charge is -2.27. The minimum atomic E-state index is -0.146. The third kappa shape index (κ3) is 6.71. The lowest BCUT2D eigenvalue weighted by Crippen LogP contribution is -2.40. The van der Waals surface area contributed by atoms with Crippen LogP contribution in [0.2, 0.25) is 0 Å². The highest BCUT2D eigenvalue weighted by molar-refractivity contribution is 6.05. The third-order valence-corrected chi connectivity index (χ3v) is 7.59. The van der Waals surface area contributed by atoms with E-state index in [0.717, 1.165) is 34.0 Å². The Kier molecular flexibility index (Phi) is 8.45. The average molecular weight is 566 g/mol. The van der Waals surface area contributed by atoms with E-state index in [1.54, 1.807) is 0 Å². The Hall–Kier alpha value is -4.43. The molecule has 8 heteroatoms. The Morgan fingerprint density at radius 2 is 1.57 bits per heavy atom. The van der Waals surface area contributed by atoms with Crippen molar-refractivity contribution in [3.8, 4) is 0 Å². The van der Waals surface area contributed by atoms with Gasteiger partial charge in [0, 0.05) is 54.4 Å². The van der Waals surface area contributed by atoms with Crippen LogP contribution in [0, 0.1) is 6.92 Å². The molecule has 8 nitrogen and oxygen atoms in total. The topological polar surface area (TPSA) is 86.3 Å². The fourth-order valence-corrected chi connectivity index (χ4v) is 5.07. The molecular weight excluding hydrogens is 526 g/mol. The first kappa shape index (κ1) is 29.1. The predicted molar refractivity (Wildman–Crippen MR) is 169 cm³/mol. The molecule has 2 heterocycles. The second-order valence-corrected chi connectivity index (χ2v) is 11.9. The van der Waals surface area contributed by atoms with E-state index in [4.69, 9.17) is 9.73 Å². The molecule has 3 aromatic carbocycles. The molecule has 2 amide bonds. The number of rotatable bonds is 5. The van der Waals surface area contributed by atoms with Gasteiger partial charge in [0.15, 0.2) is 0 Å². The summed E-state index contributed by atoms with van der Waals surface area (Å²) in [5, 5.41) is 6.50. The Balaban J connectivity index is 1.29. The summed E-state index contributed by atoms with van der Waals surface area (Å²) in [6.07, 6.45) is 2.01. The molecule has 1 saturated heterocycles. The molecule has 3 aromatic rings. The number of amidine groups is 1. The van der Waals surface area contributed by atoms with E-state index in [0.29, 0.717) is 44.0 Å². The lowest BCUT2D eigenvalue weighted by atomic mass is 9.86. The smallest absolute Gasteiger partial charge is 0.255 e. The molecule has 2 N–H and O–H groups in total. The largest absolute Gasteiger partial charge is 0.378 e. The number of benzene rings is 3. The van der Waals surface area contributed by atoms with E-state index in [1.807, 2.05) is 91.8 Å². The van der Waals surface area contributed by atoms with Gasteiger partial charge in [0.2, 0.25) is 0 Å². The van der Waals surface area contributed by atoms with Crippen molar-refractivity contribution in [2.75, 3.05) is 50.5 Å². The van der Waals surface area contributed by atoms with Gasteiger partial charge in [-0.1, -0.05) is 45.0 Å². The van der Waals surface area contributed by atoms with Crippen LogP contribution in [0.4, 0.5) is 11.4 Å². The Bertz CT molecular complexity index is 1510. The summed E-state index contributed by atoms with van der Waals surface area (Å²) in [5.74, 6) is 0.663. The van der Waals surface area contributed by atoms with Crippen LogP contribution in [0.3, 0.4) is 0 Å². The average Bonchev–Trinajstić information content (AvgIpc) is 2.98. The molecule has 218 valence electrons. The SMILES string of the molecule is Cc1c(NC(=O)c2ccc(C(C)(C)C)cc2)cccc1C1=CN(C)CC(Nc2ccc(C(=O)N3CCOCC3)cc2)=N1. The van der Waals surface area contributed by atoms with Crippen molar-refractivity contribution in [3.63, 3.8) is 0 Å². The summed E-state index contributed by atoms with van der Waals surface area (Å²) in [6, 6.07) is 21.1. The summed E-state index contributed by atoms with van der Waals surface area (Å²) in [6.45, 7) is 11.5. The fraction of sp³-hybridized carbons (Fsp3) is 0.324. The van der Waals surface area contributed by atoms with Crippen LogP contribution in [0.1, 0.15) is 58.2 Å². The van der Waals surface area contributed by atoms with E-state index in [1.165, 1.54) is 5.56 Å². The van der Waals surface area contributed by atoms with E-state index in [-0.39, 0.29) is 17.2 Å². The van der Waals surface area contributed by atoms with Gasteiger partial charge in [-0.3, -0.25) is 9.59 Å². The number of morpholine rings is 1. The molecule has 5 rings (SSSR count). The molecule has 1 fully saturated rings. The molecule has 0 aliphatic carbocycles. The summed E-state index contributed by atoms with van der Waals surface area (Å²) < 4.78 is 5.36. The first-order valence-corrected chi connectivity index (χ1v) is 14.3. The van der Waals surface area contributed by atoms with Gasteiger partial charge in [-0.05, 0) is 65.9 Å². The van der Waals surface area contributed by atoms with Crippen molar-refractivity contribution in [1.29, 1.82) is 0 Å². The summed E-state index contributed by atoms with van der Waals surface area (Å²) in [4.78, 5) is 34.7. The molecule has 0 saturated carbocycles. The molecular formula is C34H39N5O3. The van der Waals surface area contributed by atoms with Crippen molar-refractivity contribution in [2.45, 2.75) is 33.1 Å². The van der Waals surface area contributed by atoms with Crippen LogP contribution < -0.4 is 10.6 Å². The second kappa shape index (κ2) is 12.2. The number of aliphatic imine (C=N–C) groups is 1. The van der Waals surface area contributed by atoms with E-state index >= 15 is 0 Å². The maximum atomic E-state index is 13.1. The van der Waals surface area contributed by atoms with E-state index in [9.17, 15) is 9.59 Å². The van der Waals surface area contributed by atoms with Crippen molar-refractivity contribution < 1.29 is 14.3 Å². The van der Waals surface area contributed by atoms with Gasteiger partial charge in [0.1, 0.15) is 5.84 Å². The number of anilines is 2. The van der Waals surface area contributed by atoms with Crippen LogP contribution in [0.25, 0.3) is 5.70 Å². The van der Waals surface area contributed by atoms with Crippen molar-refractivity contribution in [2.24, 2.45) is 4.99 Å². The lowest BCUT2D eigenvalue weighted by molar-refractivity contribution is 0.0303. The molecule has 42 heavy (non-hydrogen) atoms. The van der Waals surface area contributed by atoms with Gasteiger partial charge in [-0.15, -0.1) is 0 Å². The maximum absolute atomic E-state index is 13.1. The number of ether oxygens (including phenoxy) is 1. The summed E-state index contributed by atoms with van der Waals surface area (Å²) in [7, 11) is 2.00. The molecule has 0 bridgehead atoms. The minimum Gasteiger partial charge on any atom is -0.378 e. The van der Waals surface area contributed by atoms with Crippen molar-refractivity contribution in [3.05, 3.63) is 101 Å². The quantitative estimate of drug-likeness (QED) is 0.410. The Labute approximate surface area is 248 Å². The van der Waals surface area contributed by atoms with Crippen LogP contribution >= 0.6 is 0 Å². The number of likely N-dealkylation sites (N-methyl/N-ethyl adjacent to an activating group) is 1. The highest BCUT2D eigenvalue weighted by Gasteiger charge is 2.20. The Morgan fingerprint density at radius 1 is 0.905 bits per heavy atom. The normalized spacial score (nSPS) is 15.5. The number of carbonyl (C=O) groups excluding carboxylic acids is 2. The molecule has 0 aromatic heterocycles. The van der Waals surface area contributed by atoms with Crippen molar-refractivity contribution >= 4 is 34.7 Å². The molecule has 0 unspecified atom stereocenters. The zero-order chi connectivity index (χ0) is 29.9. The molecule has 0 spiro atoms. The van der Waals surface area contributed by atoms with Gasteiger partial charge in [0.25, 0.3) is 11.8 Å². The van der Waals surface area contributed by atoms with E-state index < -0.39 is 0 Å². The Morgan fingerprint density at radius 3 is 2.24 bits per heavy atom. The number of hydrogen-bond acceptors (Lipinski definition) is 6. The number of nitrogens with one attached hydrogen (secondary N) is 2. The number of amides is 2. The second-order valence-electron chi connectivity index (χ2n) is 11.9. The van der Waals surface area contributed by atoms with Gasteiger partial charge in [0.05, 0.1) is 25.5 Å². The van der Waals surface area contributed by atoms with Crippen LogP contribution in [0.5, 0.6) is 0 Å². The molecule has 2 aliphatic rings. The highest BCUT2D eigenvalue weighted by Crippen LogP contribution is 2.29. The zero-order valence-electron chi connectivity index (χ0n) is 25.0. The molecule has 0 radical (unpaired) electrons. The van der Waals surface area contributed by atoms with Gasteiger partial charge < -0.3 is 25.2 Å². The maximum Gasteiger partial charge on any atom is 0.255 e. The van der Waals surface area contributed by atoms with Gasteiger partial charge in [-0.2, -0.15) is 0 Å². The summed E-state index contributed by atoms with van der Waals surface area (Å²) >= 11 is 0. The van der Waals surface area contributed by atoms with Crippen LogP contribution in [-0.2, 0) is 10.2 Å². The number of carbonyl (C=O) groups is 2. The molecule has 0 atom stereocenters. The highest BCUT2D eigenvalue weighted by atomic mass is 16.5. The monoisotopic (exact) mass is 565 g/mol. The van der Waals surface area contributed by atoms with Crippen LogP contribution in [0.15, 0.2) is 77.9 Å². The van der Waals surface area contributed by atoms with Gasteiger partial charge in [-0.25, -0.2) is 4.99 Å². The first-order chi connectivity index (χ1) is 20.1. The fourth-order valence-electron chi connectivity index (χ4n) is 5.07. The standard InChI is InChI=1S/C34H39N5O3/c1-23-28(7-6-8-29(23)37-32(40)24-9-13-26(14-10-24)34(2,3)4)30-21-38(5)22-31(36-30)35-27-15-11-25(12-16-27)33(41)39-17-19-42-20-18-39/h6-16,21H,17-20,22H2,1-5H3,(H,35,36)(H,37,40). The number of hydrogen-bond donors (Lipinski definition) is 2. The summed E-state index contributed by atoms with van der Waals surface area (Å²) in [5.41, 5.74) is 6.77. The first-order valence-electron chi connectivity index (χ1n) is 14.3. The predicted octanol–water partition coefficient (Wildman–Crippen LogP) is 5.77. The number of nitrogens with zero attached hydrogens (tertiary/aromatic N) is 3. The van der Waals surface area contributed by atoms with E-state index in [2.05, 4.69) is 36.3 Å². The van der Waals surface area contributed by atoms with Crippen molar-refractivity contribution in [1.82, 2.24) is 9.80 Å². The third-order valence-electron chi connectivity index (χ3n) is 7.59. The van der Waals surface area contributed by atoms with Gasteiger partial charge >= 0.3 is 0 Å². The molecule has 2 aliphatic heterocycles. The zero-order valence-corrected chi connectivity index (χ0v) is 25.0.